The standard InChI is InChI=1S/C95H175N19O3/c1-31-37-46-109(68-53-84(7,8)66-85(9,10)54-68)79-98-80(110(47-38-32-2)69-55-86(11,12)67-87(13,14)56-69)104-83(103-79)117-74(65-116-82-101-77(113(50-41-35-5)72-61-92(23,24)107-93(25,26)62-72)97-78(102-82)114(51-42-36-6)73-63-94(27,28)108-95(29,30)64-73)45-43-44-52-115-81-99-75(111(48-39-33-3)70-57-88(15,16)105-89(17,18)58-70)96-76(100-81)112(49-40-34-4)71-59-90(19,20)106-91(21,22)60-71/h68-74,105-108H,31-67H2,1-30H3. The number of ether oxygens (including phenoxy) is 3. The summed E-state index contributed by atoms with van der Waals surface area (Å²) in [7, 11) is 0. The van der Waals surface area contributed by atoms with Crippen molar-refractivity contribution in [1.29, 1.82) is 0 Å². The van der Waals surface area contributed by atoms with Crippen LogP contribution in [0.2, 0.25) is 0 Å². The van der Waals surface area contributed by atoms with Crippen LogP contribution in [0.4, 0.5) is 35.7 Å². The van der Waals surface area contributed by atoms with Gasteiger partial charge in [-0.1, -0.05) is 135 Å². The normalized spacial score (nSPS) is 23.0. The van der Waals surface area contributed by atoms with E-state index in [4.69, 9.17) is 59.1 Å². The Kier molecular flexibility index (Phi) is 31.9. The van der Waals surface area contributed by atoms with Gasteiger partial charge < -0.3 is 64.9 Å². The van der Waals surface area contributed by atoms with Gasteiger partial charge in [0.2, 0.25) is 35.7 Å². The van der Waals surface area contributed by atoms with Crippen molar-refractivity contribution in [3.05, 3.63) is 0 Å². The van der Waals surface area contributed by atoms with Crippen molar-refractivity contribution in [2.24, 2.45) is 21.7 Å². The van der Waals surface area contributed by atoms with Crippen molar-refractivity contribution < 1.29 is 14.2 Å². The van der Waals surface area contributed by atoms with Crippen LogP contribution in [-0.2, 0) is 0 Å². The molecule has 6 aliphatic rings. The summed E-state index contributed by atoms with van der Waals surface area (Å²) in [6.45, 7) is 76.6. The molecule has 2 saturated carbocycles. The lowest BCUT2D eigenvalue weighted by Gasteiger charge is -2.50. The number of anilines is 6. The summed E-state index contributed by atoms with van der Waals surface area (Å²) in [4.78, 5) is 65.6. The predicted molar refractivity (Wildman–Crippen MR) is 490 cm³/mol. The highest BCUT2D eigenvalue weighted by Gasteiger charge is 2.49. The lowest BCUT2D eigenvalue weighted by atomic mass is 9.63. The van der Waals surface area contributed by atoms with Crippen molar-refractivity contribution in [2.75, 3.05) is 81.9 Å². The Morgan fingerprint density at radius 3 is 0.718 bits per heavy atom. The first-order valence-corrected chi connectivity index (χ1v) is 47.4. The molecule has 0 amide bonds. The minimum atomic E-state index is -0.555. The number of rotatable bonds is 41. The first kappa shape index (κ1) is 95.9. The number of nitrogens with one attached hydrogen (secondary N) is 4. The van der Waals surface area contributed by atoms with Gasteiger partial charge in [-0.15, -0.1) is 0 Å². The Bertz CT molecular complexity index is 3290. The molecule has 0 radical (unpaired) electrons. The van der Waals surface area contributed by atoms with E-state index in [1.54, 1.807) is 0 Å². The van der Waals surface area contributed by atoms with Gasteiger partial charge in [-0.3, -0.25) is 0 Å². The second-order valence-electron chi connectivity index (χ2n) is 46.3. The molecule has 0 spiro atoms. The minimum absolute atomic E-state index is 0.0874. The quantitative estimate of drug-likeness (QED) is 0.0389. The Morgan fingerprint density at radius 1 is 0.274 bits per heavy atom. The minimum Gasteiger partial charge on any atom is -0.463 e. The third-order valence-electron chi connectivity index (χ3n) is 26.0. The first-order valence-electron chi connectivity index (χ1n) is 47.4. The lowest BCUT2D eigenvalue weighted by Crippen LogP contribution is -2.63. The molecule has 2 aliphatic carbocycles. The second kappa shape index (κ2) is 38.9. The highest BCUT2D eigenvalue weighted by Crippen LogP contribution is 2.51. The molecular formula is C95H175N19O3. The molecule has 1 unspecified atom stereocenters. The highest BCUT2D eigenvalue weighted by molar-refractivity contribution is 5.47. The van der Waals surface area contributed by atoms with Crippen molar-refractivity contribution in [3.8, 4) is 18.0 Å². The third-order valence-corrected chi connectivity index (χ3v) is 26.0. The maximum absolute atomic E-state index is 7.66. The lowest BCUT2D eigenvalue weighted by molar-refractivity contribution is 0.0925. The number of piperidine rings is 4. The number of nitrogens with zero attached hydrogens (tertiary/aromatic N) is 15. The van der Waals surface area contributed by atoms with Gasteiger partial charge in [0.15, 0.2) is 0 Å². The molecule has 4 saturated heterocycles. The van der Waals surface area contributed by atoms with Crippen molar-refractivity contribution in [3.63, 3.8) is 0 Å². The Balaban J connectivity index is 1.18. The number of hydrogen-bond acceptors (Lipinski definition) is 22. The Labute approximate surface area is 714 Å². The van der Waals surface area contributed by atoms with Gasteiger partial charge in [-0.05, 0) is 280 Å². The van der Waals surface area contributed by atoms with Gasteiger partial charge in [0.05, 0.1) is 6.61 Å². The number of hydrogen-bond donors (Lipinski definition) is 4. The molecule has 4 N–H and O–H groups in total. The zero-order valence-electron chi connectivity index (χ0n) is 80.6. The van der Waals surface area contributed by atoms with Gasteiger partial charge in [0.1, 0.15) is 12.7 Å². The molecule has 9 rings (SSSR count). The van der Waals surface area contributed by atoms with Crippen LogP contribution in [0.1, 0.15) is 394 Å². The fraction of sp³-hybridized carbons (Fsp3) is 0.905. The fourth-order valence-electron chi connectivity index (χ4n) is 23.7. The molecule has 668 valence electrons. The summed E-state index contributed by atoms with van der Waals surface area (Å²) in [5.41, 5.74) is -0.303. The van der Waals surface area contributed by atoms with Crippen molar-refractivity contribution in [2.45, 2.75) is 481 Å². The average molecular weight is 1630 g/mol. The van der Waals surface area contributed by atoms with E-state index in [-0.39, 0.29) is 109 Å². The monoisotopic (exact) mass is 1630 g/mol. The number of aromatic nitrogens is 9. The molecule has 4 aliphatic heterocycles. The van der Waals surface area contributed by atoms with Crippen LogP contribution < -0.4 is 64.9 Å². The van der Waals surface area contributed by atoms with Crippen molar-refractivity contribution in [1.82, 2.24) is 66.1 Å². The molecule has 22 nitrogen and oxygen atoms in total. The van der Waals surface area contributed by atoms with E-state index in [1.165, 1.54) is 12.8 Å². The molecule has 117 heavy (non-hydrogen) atoms. The summed E-state index contributed by atoms with van der Waals surface area (Å²) in [5.74, 6) is 4.21. The molecule has 0 bridgehead atoms. The summed E-state index contributed by atoms with van der Waals surface area (Å²) in [5, 5.41) is 15.9. The SMILES string of the molecule is CCCCN(c1nc(OCCCCC(COc2nc(N(CCCC)C3CC(C)(C)NC(C)(C)C3)nc(N(CCCC)C3CC(C)(C)NC(C)(C)C3)n2)Oc2nc(N(CCCC)C3CC(C)(C)CC(C)(C)C3)nc(N(CCCC)C3CC(C)(C)CC(C)(C)C3)n2)nc(N(CCCC)C2CC(C)(C)NC(C)(C)C2)n1)C1CC(C)(C)NC(C)(C)C1. The average Bonchev–Trinajstić information content (AvgIpc) is 0.777. The van der Waals surface area contributed by atoms with E-state index in [1.807, 2.05) is 0 Å². The summed E-state index contributed by atoms with van der Waals surface area (Å²) in [6.07, 6.45) is 28.0. The van der Waals surface area contributed by atoms with Gasteiger partial charge in [0.25, 0.3) is 0 Å². The molecule has 3 aromatic heterocycles. The Morgan fingerprint density at radius 2 is 0.487 bits per heavy atom. The van der Waals surface area contributed by atoms with E-state index in [2.05, 4.69) is 258 Å². The molecule has 7 heterocycles. The summed E-state index contributed by atoms with van der Waals surface area (Å²) >= 11 is 0. The van der Waals surface area contributed by atoms with Gasteiger partial charge >= 0.3 is 18.0 Å². The molecule has 22 heteroatoms. The van der Waals surface area contributed by atoms with E-state index < -0.39 is 6.10 Å². The predicted octanol–water partition coefficient (Wildman–Crippen LogP) is 20.4. The molecule has 1 atom stereocenters. The fourth-order valence-corrected chi connectivity index (χ4v) is 23.7. The van der Waals surface area contributed by atoms with Crippen molar-refractivity contribution >= 4 is 35.7 Å². The zero-order valence-corrected chi connectivity index (χ0v) is 80.6. The van der Waals surface area contributed by atoms with Gasteiger partial charge in [-0.2, -0.15) is 44.9 Å². The summed E-state index contributed by atoms with van der Waals surface area (Å²) in [6, 6.07) is 2.22. The van der Waals surface area contributed by atoms with Crippen LogP contribution in [0, 0.1) is 21.7 Å². The van der Waals surface area contributed by atoms with Crippen LogP contribution >= 0.6 is 0 Å². The second-order valence-corrected chi connectivity index (χ2v) is 46.3. The zero-order chi connectivity index (χ0) is 86.2. The van der Waals surface area contributed by atoms with E-state index in [9.17, 15) is 0 Å². The van der Waals surface area contributed by atoms with Crippen LogP contribution in [-0.4, -0.2) is 184 Å². The third kappa shape index (κ3) is 28.3. The van der Waals surface area contributed by atoms with Gasteiger partial charge in [0, 0.05) is 120 Å². The molecular weight excluding hydrogens is 1460 g/mol. The van der Waals surface area contributed by atoms with E-state index >= 15 is 0 Å². The molecule has 3 aromatic rings. The van der Waals surface area contributed by atoms with Crippen LogP contribution in [0.15, 0.2) is 0 Å². The smallest absolute Gasteiger partial charge is 0.323 e. The molecule has 0 aromatic carbocycles. The van der Waals surface area contributed by atoms with Crippen LogP contribution in [0.3, 0.4) is 0 Å². The topological polar surface area (TPSA) is 211 Å². The summed E-state index contributed by atoms with van der Waals surface area (Å²) < 4.78 is 22.1. The van der Waals surface area contributed by atoms with Gasteiger partial charge in [-0.25, -0.2) is 0 Å². The number of unbranched alkanes of at least 4 members (excludes halogenated alkanes) is 7. The largest absolute Gasteiger partial charge is 0.463 e. The van der Waals surface area contributed by atoms with Crippen LogP contribution in [0.5, 0.6) is 18.0 Å². The first-order chi connectivity index (χ1) is 54.4. The Hall–Kier alpha value is -4.93. The molecule has 6 fully saturated rings. The van der Waals surface area contributed by atoms with Crippen LogP contribution in [0.25, 0.3) is 0 Å². The maximum atomic E-state index is 7.66. The maximum Gasteiger partial charge on any atom is 0.323 e. The van der Waals surface area contributed by atoms with E-state index in [0.29, 0.717) is 73.2 Å². The highest BCUT2D eigenvalue weighted by atomic mass is 16.5. The van der Waals surface area contributed by atoms with E-state index in [0.717, 1.165) is 200 Å².